The lowest BCUT2D eigenvalue weighted by atomic mass is 9.96. The molecule has 0 aromatic heterocycles. The molecule has 2 rings (SSSR count). The van der Waals surface area contributed by atoms with Gasteiger partial charge in [-0.2, -0.15) is 0 Å². The molecular formula is C17H25BrN2O3S. The highest BCUT2D eigenvalue weighted by atomic mass is 79.9. The van der Waals surface area contributed by atoms with E-state index in [9.17, 15) is 13.2 Å². The zero-order chi connectivity index (χ0) is 18.0. The van der Waals surface area contributed by atoms with Crippen LogP contribution in [0.25, 0.3) is 0 Å². The second-order valence-electron chi connectivity index (χ2n) is 7.30. The van der Waals surface area contributed by atoms with Gasteiger partial charge in [-0.3, -0.25) is 4.79 Å². The third-order valence-corrected chi connectivity index (χ3v) is 6.36. The Kier molecular flexibility index (Phi) is 6.09. The lowest BCUT2D eigenvalue weighted by Crippen LogP contribution is -2.48. The van der Waals surface area contributed by atoms with Crippen molar-refractivity contribution in [3.8, 4) is 0 Å². The molecule has 0 saturated carbocycles. The van der Waals surface area contributed by atoms with Gasteiger partial charge in [0.15, 0.2) is 0 Å². The minimum Gasteiger partial charge on any atom is -0.351 e. The van der Waals surface area contributed by atoms with E-state index in [1.165, 1.54) is 4.31 Å². The molecule has 5 nitrogen and oxygen atoms in total. The predicted molar refractivity (Wildman–Crippen MR) is 99.0 cm³/mol. The van der Waals surface area contributed by atoms with Crippen LogP contribution in [0.1, 0.15) is 39.2 Å². The van der Waals surface area contributed by atoms with E-state index in [2.05, 4.69) is 21.2 Å². The van der Waals surface area contributed by atoms with Crippen molar-refractivity contribution < 1.29 is 13.2 Å². The summed E-state index contributed by atoms with van der Waals surface area (Å²) in [5.41, 5.74) is 0.507. The van der Waals surface area contributed by atoms with E-state index in [4.69, 9.17) is 0 Å². The van der Waals surface area contributed by atoms with E-state index in [1.807, 2.05) is 45.0 Å². The number of halogens is 1. The van der Waals surface area contributed by atoms with Gasteiger partial charge in [0.25, 0.3) is 0 Å². The van der Waals surface area contributed by atoms with Gasteiger partial charge in [-0.1, -0.05) is 28.1 Å². The van der Waals surface area contributed by atoms with Gasteiger partial charge in [0, 0.05) is 29.0 Å². The van der Waals surface area contributed by atoms with Gasteiger partial charge in [0.2, 0.25) is 15.9 Å². The van der Waals surface area contributed by atoms with Gasteiger partial charge in [0.1, 0.15) is 0 Å². The van der Waals surface area contributed by atoms with Crippen LogP contribution in [0.2, 0.25) is 0 Å². The Bertz CT molecular complexity index is 673. The molecule has 134 valence electrons. The molecule has 24 heavy (non-hydrogen) atoms. The predicted octanol–water partition coefficient (Wildman–Crippen LogP) is 2.91. The van der Waals surface area contributed by atoms with E-state index in [-0.39, 0.29) is 23.1 Å². The van der Waals surface area contributed by atoms with Crippen LogP contribution in [0.3, 0.4) is 0 Å². The van der Waals surface area contributed by atoms with Gasteiger partial charge in [-0.15, -0.1) is 0 Å². The smallest absolute Gasteiger partial charge is 0.223 e. The number of nitrogens with one attached hydrogen (secondary N) is 1. The molecule has 0 bridgehead atoms. The normalized spacial score (nSPS) is 17.7. The Hall–Kier alpha value is -0.920. The summed E-state index contributed by atoms with van der Waals surface area (Å²) in [6.45, 7) is 6.65. The summed E-state index contributed by atoms with van der Waals surface area (Å²) in [5, 5.41) is 2.98. The number of benzene rings is 1. The van der Waals surface area contributed by atoms with E-state index in [0.29, 0.717) is 25.9 Å². The van der Waals surface area contributed by atoms with Crippen LogP contribution >= 0.6 is 15.9 Å². The summed E-state index contributed by atoms with van der Waals surface area (Å²) in [6.07, 6.45) is 1.14. The van der Waals surface area contributed by atoms with Crippen molar-refractivity contribution in [1.29, 1.82) is 0 Å². The summed E-state index contributed by atoms with van der Waals surface area (Å²) in [5.74, 6) is -0.0881. The van der Waals surface area contributed by atoms with Gasteiger partial charge in [-0.25, -0.2) is 12.7 Å². The van der Waals surface area contributed by atoms with E-state index >= 15 is 0 Å². The summed E-state index contributed by atoms with van der Waals surface area (Å²) in [7, 11) is -3.35. The van der Waals surface area contributed by atoms with Crippen molar-refractivity contribution >= 4 is 31.9 Å². The van der Waals surface area contributed by atoms with Crippen LogP contribution in [-0.4, -0.2) is 37.3 Å². The fraction of sp³-hybridized carbons (Fsp3) is 0.588. The summed E-state index contributed by atoms with van der Waals surface area (Å²) in [4.78, 5) is 12.2. The lowest BCUT2D eigenvalue weighted by molar-refractivity contribution is -0.127. The molecule has 1 aromatic rings. The maximum absolute atomic E-state index is 12.6. The van der Waals surface area contributed by atoms with E-state index in [1.54, 1.807) is 0 Å². The Labute approximate surface area is 153 Å². The highest BCUT2D eigenvalue weighted by Crippen LogP contribution is 2.23. The second kappa shape index (κ2) is 7.54. The third kappa shape index (κ3) is 5.57. The van der Waals surface area contributed by atoms with Crippen molar-refractivity contribution in [3.63, 3.8) is 0 Å². The average molecular weight is 417 g/mol. The minimum absolute atomic E-state index is 0.000859. The summed E-state index contributed by atoms with van der Waals surface area (Å²) < 4.78 is 27.6. The molecule has 1 aliphatic rings. The Morgan fingerprint density at radius 1 is 1.21 bits per heavy atom. The van der Waals surface area contributed by atoms with Gasteiger partial charge >= 0.3 is 0 Å². The average Bonchev–Trinajstić information content (AvgIpc) is 2.48. The molecule has 0 spiro atoms. The Balaban J connectivity index is 1.93. The zero-order valence-electron chi connectivity index (χ0n) is 14.4. The standard InChI is InChI=1S/C17H25BrN2O3S/c1-17(2,3)19-16(21)14-8-10-20(11-9-14)24(22,23)12-13-4-6-15(18)7-5-13/h4-7,14H,8-12H2,1-3H3,(H,19,21). The number of carbonyl (C=O) groups is 1. The molecule has 0 radical (unpaired) electrons. The molecule has 1 heterocycles. The molecule has 1 aromatic carbocycles. The van der Waals surface area contributed by atoms with Gasteiger partial charge in [0.05, 0.1) is 5.75 Å². The maximum Gasteiger partial charge on any atom is 0.223 e. The van der Waals surface area contributed by atoms with Crippen molar-refractivity contribution in [2.45, 2.75) is 44.9 Å². The number of amides is 1. The molecule has 1 aliphatic heterocycles. The first-order chi connectivity index (χ1) is 11.1. The fourth-order valence-corrected chi connectivity index (χ4v) is 4.58. The number of rotatable bonds is 4. The second-order valence-corrected chi connectivity index (χ2v) is 10.2. The third-order valence-electron chi connectivity index (χ3n) is 3.98. The largest absolute Gasteiger partial charge is 0.351 e. The van der Waals surface area contributed by atoms with Crippen molar-refractivity contribution in [2.75, 3.05) is 13.1 Å². The molecule has 1 saturated heterocycles. The molecule has 0 unspecified atom stereocenters. The van der Waals surface area contributed by atoms with Crippen LogP contribution in [0.15, 0.2) is 28.7 Å². The molecule has 0 aliphatic carbocycles. The molecule has 1 fully saturated rings. The van der Waals surface area contributed by atoms with Crippen molar-refractivity contribution in [3.05, 3.63) is 34.3 Å². The van der Waals surface area contributed by atoms with E-state index in [0.717, 1.165) is 10.0 Å². The fourth-order valence-electron chi connectivity index (χ4n) is 2.75. The number of hydrogen-bond acceptors (Lipinski definition) is 3. The van der Waals surface area contributed by atoms with Gasteiger partial charge < -0.3 is 5.32 Å². The van der Waals surface area contributed by atoms with Gasteiger partial charge in [-0.05, 0) is 51.3 Å². The minimum atomic E-state index is -3.35. The number of hydrogen-bond donors (Lipinski definition) is 1. The van der Waals surface area contributed by atoms with Crippen LogP contribution in [-0.2, 0) is 20.6 Å². The highest BCUT2D eigenvalue weighted by Gasteiger charge is 2.32. The summed E-state index contributed by atoms with van der Waals surface area (Å²) in [6, 6.07) is 7.30. The topological polar surface area (TPSA) is 66.5 Å². The molecule has 7 heteroatoms. The molecular weight excluding hydrogens is 392 g/mol. The van der Waals surface area contributed by atoms with Crippen LogP contribution < -0.4 is 5.32 Å². The number of carbonyl (C=O) groups excluding carboxylic acids is 1. The monoisotopic (exact) mass is 416 g/mol. The molecule has 1 N–H and O–H groups in total. The first-order valence-electron chi connectivity index (χ1n) is 8.11. The van der Waals surface area contributed by atoms with Crippen molar-refractivity contribution in [2.24, 2.45) is 5.92 Å². The SMILES string of the molecule is CC(C)(C)NC(=O)C1CCN(S(=O)(=O)Cc2ccc(Br)cc2)CC1. The lowest BCUT2D eigenvalue weighted by Gasteiger charge is -2.32. The summed E-state index contributed by atoms with van der Waals surface area (Å²) >= 11 is 3.34. The number of sulfonamides is 1. The van der Waals surface area contributed by atoms with Crippen LogP contribution in [0.4, 0.5) is 0 Å². The molecule has 0 atom stereocenters. The molecule has 1 amide bonds. The zero-order valence-corrected chi connectivity index (χ0v) is 16.8. The first-order valence-corrected chi connectivity index (χ1v) is 10.5. The van der Waals surface area contributed by atoms with Crippen LogP contribution in [0, 0.1) is 5.92 Å². The highest BCUT2D eigenvalue weighted by molar-refractivity contribution is 9.10. The quantitative estimate of drug-likeness (QED) is 0.820. The van der Waals surface area contributed by atoms with Crippen LogP contribution in [0.5, 0.6) is 0 Å². The maximum atomic E-state index is 12.6. The number of nitrogens with zero attached hydrogens (tertiary/aromatic N) is 1. The number of piperidine rings is 1. The Morgan fingerprint density at radius 3 is 2.25 bits per heavy atom. The first kappa shape index (κ1) is 19.4. The Morgan fingerprint density at radius 2 is 1.75 bits per heavy atom. The van der Waals surface area contributed by atoms with E-state index < -0.39 is 10.0 Å². The van der Waals surface area contributed by atoms with Crippen molar-refractivity contribution in [1.82, 2.24) is 9.62 Å².